The van der Waals surface area contributed by atoms with E-state index >= 15 is 0 Å². The van der Waals surface area contributed by atoms with Crippen molar-refractivity contribution in [2.24, 2.45) is 5.92 Å². The Bertz CT molecular complexity index is 1420. The predicted octanol–water partition coefficient (Wildman–Crippen LogP) is 6.43. The summed E-state index contributed by atoms with van der Waals surface area (Å²) in [5, 5.41) is 2.84. The smallest absolute Gasteiger partial charge is 0.247 e. The number of aromatic amines is 1. The van der Waals surface area contributed by atoms with Gasteiger partial charge in [-0.2, -0.15) is 0 Å². The number of nitrogens with one attached hydrogen (secondary N) is 2. The van der Waals surface area contributed by atoms with E-state index in [2.05, 4.69) is 10.3 Å². The van der Waals surface area contributed by atoms with Crippen LogP contribution in [0.2, 0.25) is 5.02 Å². The first-order chi connectivity index (χ1) is 17.7. The van der Waals surface area contributed by atoms with Crippen LogP contribution in [0.5, 0.6) is 0 Å². The number of fused-ring (bicyclic) bond motifs is 4. The Labute approximate surface area is 218 Å². The van der Waals surface area contributed by atoms with Crippen LogP contribution in [-0.2, 0) is 9.59 Å². The van der Waals surface area contributed by atoms with Crippen LogP contribution in [-0.4, -0.2) is 33.2 Å². The third-order valence-electron chi connectivity index (χ3n) is 7.17. The van der Waals surface area contributed by atoms with Crippen molar-refractivity contribution < 1.29 is 18.4 Å². The molecule has 37 heavy (non-hydrogen) atoms. The van der Waals surface area contributed by atoms with Crippen LogP contribution in [0.4, 0.5) is 14.5 Å². The first-order valence-electron chi connectivity index (χ1n) is 12.4. The maximum absolute atomic E-state index is 14.6. The molecule has 192 valence electrons. The molecule has 6 nitrogen and oxygen atoms in total. The second kappa shape index (κ2) is 10.1. The number of carbonyl (C=O) groups is 2. The topological polar surface area (TPSA) is 78.1 Å². The van der Waals surface area contributed by atoms with Crippen LogP contribution in [0.15, 0.2) is 42.5 Å². The minimum absolute atomic E-state index is 0.0646. The number of benzene rings is 2. The van der Waals surface area contributed by atoms with Crippen LogP contribution in [0.3, 0.4) is 0 Å². The number of H-pyrrole nitrogens is 1. The van der Waals surface area contributed by atoms with E-state index in [1.54, 1.807) is 4.90 Å². The fourth-order valence-electron chi connectivity index (χ4n) is 5.13. The van der Waals surface area contributed by atoms with Crippen LogP contribution in [0.25, 0.3) is 16.8 Å². The molecule has 2 unspecified atom stereocenters. The number of amides is 2. The minimum Gasteiger partial charge on any atom is -0.344 e. The van der Waals surface area contributed by atoms with Crippen molar-refractivity contribution in [1.82, 2.24) is 14.9 Å². The van der Waals surface area contributed by atoms with Crippen molar-refractivity contribution in [3.05, 3.63) is 76.2 Å². The number of nitrogens with zero attached hydrogens (tertiary/aromatic N) is 2. The molecule has 9 heteroatoms. The number of anilines is 1. The summed E-state index contributed by atoms with van der Waals surface area (Å²) < 4.78 is 29.1. The Morgan fingerprint density at radius 1 is 1.11 bits per heavy atom. The Morgan fingerprint density at radius 3 is 2.68 bits per heavy atom. The fraction of sp³-hybridized carbons (Fsp3) is 0.321. The van der Waals surface area contributed by atoms with E-state index in [0.29, 0.717) is 36.5 Å². The number of hydrogen-bond acceptors (Lipinski definition) is 3. The molecule has 1 aromatic heterocycles. The van der Waals surface area contributed by atoms with Crippen molar-refractivity contribution in [2.75, 3.05) is 11.9 Å². The lowest BCUT2D eigenvalue weighted by Crippen LogP contribution is -2.38. The SMILES string of the molecule is Cc1[nH]c2nc1-c1ccccc1NC(=O)C(C)CCCC2N1CCC(c2c(F)ccc(Cl)c2F)=CC1=O. The largest absolute Gasteiger partial charge is 0.344 e. The number of aromatic nitrogens is 2. The van der Waals surface area contributed by atoms with Gasteiger partial charge >= 0.3 is 0 Å². The first-order valence-corrected chi connectivity index (χ1v) is 12.7. The molecule has 2 amide bonds. The molecule has 2 aliphatic rings. The summed E-state index contributed by atoms with van der Waals surface area (Å²) in [6, 6.07) is 9.40. The molecule has 3 heterocycles. The van der Waals surface area contributed by atoms with Crippen LogP contribution in [0, 0.1) is 24.5 Å². The molecule has 2 aliphatic heterocycles. The second-order valence-electron chi connectivity index (χ2n) is 9.65. The van der Waals surface area contributed by atoms with E-state index in [1.807, 2.05) is 38.1 Å². The Hall–Kier alpha value is -3.52. The third kappa shape index (κ3) is 4.78. The summed E-state index contributed by atoms with van der Waals surface area (Å²) in [4.78, 5) is 36.1. The van der Waals surface area contributed by atoms with E-state index in [-0.39, 0.29) is 52.9 Å². The van der Waals surface area contributed by atoms with Gasteiger partial charge in [0.15, 0.2) is 5.82 Å². The maximum atomic E-state index is 14.6. The molecule has 0 saturated carbocycles. The van der Waals surface area contributed by atoms with Gasteiger partial charge in [0.05, 0.1) is 28.0 Å². The average molecular weight is 525 g/mol. The van der Waals surface area contributed by atoms with Gasteiger partial charge in [0.1, 0.15) is 11.6 Å². The van der Waals surface area contributed by atoms with Crippen LogP contribution >= 0.6 is 11.6 Å². The van der Waals surface area contributed by atoms with Gasteiger partial charge in [0.25, 0.3) is 0 Å². The van der Waals surface area contributed by atoms with Gasteiger partial charge in [-0.1, -0.05) is 43.1 Å². The van der Waals surface area contributed by atoms with Gasteiger partial charge < -0.3 is 15.2 Å². The molecular weight excluding hydrogens is 498 g/mol. The van der Waals surface area contributed by atoms with Crippen LogP contribution < -0.4 is 5.32 Å². The Morgan fingerprint density at radius 2 is 1.89 bits per heavy atom. The molecular formula is C28H27ClF2N4O2. The van der Waals surface area contributed by atoms with Crippen molar-refractivity contribution in [3.63, 3.8) is 0 Å². The molecule has 0 spiro atoms. The molecule has 2 N–H and O–H groups in total. The fourth-order valence-corrected chi connectivity index (χ4v) is 5.29. The lowest BCUT2D eigenvalue weighted by molar-refractivity contribution is -0.129. The summed E-state index contributed by atoms with van der Waals surface area (Å²) in [6.07, 6.45) is 3.47. The molecule has 0 saturated heterocycles. The van der Waals surface area contributed by atoms with Gasteiger partial charge in [-0.05, 0) is 50.0 Å². The average Bonchev–Trinajstić information content (AvgIpc) is 3.25. The summed E-state index contributed by atoms with van der Waals surface area (Å²) >= 11 is 5.87. The summed E-state index contributed by atoms with van der Waals surface area (Å²) in [5.41, 5.74) is 3.02. The zero-order valence-electron chi connectivity index (χ0n) is 20.6. The lowest BCUT2D eigenvalue weighted by atomic mass is 9.95. The maximum Gasteiger partial charge on any atom is 0.247 e. The molecule has 3 aromatic rings. The zero-order chi connectivity index (χ0) is 26.3. The predicted molar refractivity (Wildman–Crippen MR) is 139 cm³/mol. The molecule has 5 rings (SSSR count). The Kier molecular flexibility index (Phi) is 6.86. The zero-order valence-corrected chi connectivity index (χ0v) is 21.3. The highest BCUT2D eigenvalue weighted by molar-refractivity contribution is 6.31. The second-order valence-corrected chi connectivity index (χ2v) is 10.1. The van der Waals surface area contributed by atoms with Gasteiger partial charge in [-0.3, -0.25) is 9.59 Å². The van der Waals surface area contributed by atoms with Crippen molar-refractivity contribution in [1.29, 1.82) is 0 Å². The van der Waals surface area contributed by atoms with Crippen molar-refractivity contribution >= 4 is 34.7 Å². The van der Waals surface area contributed by atoms with Crippen LogP contribution in [0.1, 0.15) is 55.7 Å². The number of halogens is 3. The molecule has 0 aliphatic carbocycles. The number of imidazole rings is 1. The van der Waals surface area contributed by atoms with Gasteiger partial charge in [-0.25, -0.2) is 13.8 Å². The van der Waals surface area contributed by atoms with E-state index < -0.39 is 11.6 Å². The van der Waals surface area contributed by atoms with Crippen molar-refractivity contribution in [2.45, 2.75) is 45.6 Å². The first kappa shape index (κ1) is 25.1. The number of carbonyl (C=O) groups excluding carboxylic acids is 2. The third-order valence-corrected chi connectivity index (χ3v) is 7.46. The highest BCUT2D eigenvalue weighted by Gasteiger charge is 2.32. The molecule has 2 aromatic carbocycles. The van der Waals surface area contributed by atoms with E-state index in [1.165, 1.54) is 6.08 Å². The Balaban J connectivity index is 1.53. The summed E-state index contributed by atoms with van der Waals surface area (Å²) in [7, 11) is 0. The lowest BCUT2D eigenvalue weighted by Gasteiger charge is -2.33. The highest BCUT2D eigenvalue weighted by atomic mass is 35.5. The van der Waals surface area contributed by atoms with Gasteiger partial charge in [0, 0.05) is 29.8 Å². The van der Waals surface area contributed by atoms with Gasteiger partial charge in [-0.15, -0.1) is 0 Å². The number of para-hydroxylation sites is 1. The number of hydrogen-bond donors (Lipinski definition) is 2. The molecule has 0 fully saturated rings. The summed E-state index contributed by atoms with van der Waals surface area (Å²) in [6.45, 7) is 4.07. The number of rotatable bonds is 2. The minimum atomic E-state index is -0.864. The quantitative estimate of drug-likeness (QED) is 0.379. The molecule has 2 bridgehead atoms. The standard InChI is InChI=1S/C28H27ClF2N4O2/c1-15-6-5-9-22(27-32-16(2)26(34-27)18-7-3-4-8-21(18)33-28(15)37)35-13-12-17(14-23(35)36)24-20(30)11-10-19(29)25(24)31/h3-4,7-8,10-11,14-15,22H,5-6,9,12-13H2,1-2H3,(H,32,34)(H,33,37). The molecule has 2 atom stereocenters. The van der Waals surface area contributed by atoms with E-state index in [0.717, 1.165) is 23.4 Å². The number of aryl methyl sites for hydroxylation is 1. The summed E-state index contributed by atoms with van der Waals surface area (Å²) in [5.74, 6) is -1.60. The van der Waals surface area contributed by atoms with E-state index in [9.17, 15) is 18.4 Å². The molecule has 0 radical (unpaired) electrons. The highest BCUT2D eigenvalue weighted by Crippen LogP contribution is 2.37. The van der Waals surface area contributed by atoms with Gasteiger partial charge in [0.2, 0.25) is 11.8 Å². The normalized spacial score (nSPS) is 20.5. The van der Waals surface area contributed by atoms with E-state index in [4.69, 9.17) is 16.6 Å². The monoisotopic (exact) mass is 524 g/mol. The van der Waals surface area contributed by atoms with Crippen molar-refractivity contribution in [3.8, 4) is 11.3 Å².